The molecule has 9 heteroatoms. The molecule has 8 nitrogen and oxygen atoms in total. The van der Waals surface area contributed by atoms with Crippen molar-refractivity contribution in [2.24, 2.45) is 11.8 Å². The predicted molar refractivity (Wildman–Crippen MR) is 158 cm³/mol. The molecule has 0 unspecified atom stereocenters. The highest BCUT2D eigenvalue weighted by atomic mass is 32.2. The molecule has 1 N–H and O–H groups in total. The van der Waals surface area contributed by atoms with Gasteiger partial charge in [-0.2, -0.15) is 11.8 Å². The maximum atomic E-state index is 14.0. The van der Waals surface area contributed by atoms with Crippen LogP contribution in [0.15, 0.2) is 71.1 Å². The van der Waals surface area contributed by atoms with E-state index in [0.717, 1.165) is 11.3 Å². The smallest absolute Gasteiger partial charge is 0.336 e. The number of hydrogen-bond acceptors (Lipinski definition) is 9. The molecule has 1 aliphatic heterocycles. The molecule has 1 heterocycles. The molecule has 0 fully saturated rings. The predicted octanol–water partition coefficient (Wildman–Crippen LogP) is 5.18. The molecule has 0 bridgehead atoms. The molecule has 0 saturated heterocycles. The Kier molecular flexibility index (Phi) is 10.2. The lowest BCUT2D eigenvalue weighted by atomic mass is 9.69. The van der Waals surface area contributed by atoms with E-state index in [2.05, 4.69) is 5.32 Å². The van der Waals surface area contributed by atoms with E-state index < -0.39 is 23.8 Å². The molecule has 2 aliphatic rings. The zero-order chi connectivity index (χ0) is 29.5. The van der Waals surface area contributed by atoms with Gasteiger partial charge in [-0.05, 0) is 48.3 Å². The Morgan fingerprint density at radius 3 is 2.51 bits per heavy atom. The van der Waals surface area contributed by atoms with Crippen LogP contribution in [0, 0.1) is 11.8 Å². The monoisotopic (exact) mass is 579 g/mol. The minimum atomic E-state index is -0.963. The van der Waals surface area contributed by atoms with Gasteiger partial charge in [-0.1, -0.05) is 50.2 Å². The first-order valence-electron chi connectivity index (χ1n) is 13.7. The summed E-state index contributed by atoms with van der Waals surface area (Å²) in [7, 11) is 2.83. The summed E-state index contributed by atoms with van der Waals surface area (Å²) < 4.78 is 22.4. The fourth-order valence-corrected chi connectivity index (χ4v) is 5.91. The van der Waals surface area contributed by atoms with Crippen LogP contribution in [0.25, 0.3) is 0 Å². The summed E-state index contributed by atoms with van der Waals surface area (Å²) in [5.74, 6) is -0.858. The number of nitrogens with one attached hydrogen (secondary N) is 1. The number of esters is 2. The Labute approximate surface area is 245 Å². The number of thioether (sulfide) groups is 1. The molecule has 2 aromatic carbocycles. The van der Waals surface area contributed by atoms with Gasteiger partial charge in [-0.15, -0.1) is 0 Å². The second-order valence-corrected chi connectivity index (χ2v) is 11.4. The standard InChI is InChI=1S/C32H37NO7S/c1-6-41-15-14-39-32(36)27-20(3)33-23-16-19(2)26(31(35)38-5)30(34)29(23)28(27)22-12-13-24(25(17-22)37-4)40-18-21-10-8-7-9-11-21/h7-13,17,19,26,28,33H,6,14-16,18H2,1-5H3/t19-,26+,28-/m1/s1. The van der Waals surface area contributed by atoms with Gasteiger partial charge in [0.05, 0.1) is 19.8 Å². The van der Waals surface area contributed by atoms with Crippen molar-refractivity contribution in [3.8, 4) is 11.5 Å². The van der Waals surface area contributed by atoms with Gasteiger partial charge in [-0.3, -0.25) is 9.59 Å². The van der Waals surface area contributed by atoms with Crippen molar-refractivity contribution in [2.45, 2.75) is 39.7 Å². The van der Waals surface area contributed by atoms with Gasteiger partial charge in [0.15, 0.2) is 17.3 Å². The first-order chi connectivity index (χ1) is 19.8. The average Bonchev–Trinajstić information content (AvgIpc) is 2.97. The highest BCUT2D eigenvalue weighted by Crippen LogP contribution is 2.47. The lowest BCUT2D eigenvalue weighted by Gasteiger charge is -2.38. The Hall–Kier alpha value is -3.72. The number of dihydropyridines is 1. The Bertz CT molecular complexity index is 1350. The minimum absolute atomic E-state index is 0.248. The van der Waals surface area contributed by atoms with Gasteiger partial charge >= 0.3 is 11.9 Å². The van der Waals surface area contributed by atoms with Gasteiger partial charge < -0.3 is 24.3 Å². The van der Waals surface area contributed by atoms with Crippen LogP contribution in [0.4, 0.5) is 0 Å². The van der Waals surface area contributed by atoms with Crippen LogP contribution in [0.5, 0.6) is 11.5 Å². The number of ether oxygens (including phenoxy) is 4. The summed E-state index contributed by atoms with van der Waals surface area (Å²) in [6.45, 7) is 6.31. The molecular weight excluding hydrogens is 542 g/mol. The van der Waals surface area contributed by atoms with Crippen LogP contribution in [-0.2, 0) is 30.5 Å². The summed E-state index contributed by atoms with van der Waals surface area (Å²) in [4.78, 5) is 40.2. The third-order valence-electron chi connectivity index (χ3n) is 7.39. The van der Waals surface area contributed by atoms with Crippen molar-refractivity contribution in [3.63, 3.8) is 0 Å². The number of allylic oxidation sites excluding steroid dienone is 3. The van der Waals surface area contributed by atoms with Crippen molar-refractivity contribution in [2.75, 3.05) is 32.3 Å². The molecule has 41 heavy (non-hydrogen) atoms. The number of carbonyl (C=O) groups excluding carboxylic acids is 3. The molecule has 0 radical (unpaired) electrons. The van der Waals surface area contributed by atoms with Crippen molar-refractivity contribution in [1.82, 2.24) is 5.32 Å². The summed E-state index contributed by atoms with van der Waals surface area (Å²) in [6.07, 6.45) is 0.458. The van der Waals surface area contributed by atoms with E-state index in [1.54, 1.807) is 31.0 Å². The molecule has 1 aliphatic carbocycles. The number of methoxy groups -OCH3 is 2. The molecule has 0 saturated carbocycles. The van der Waals surface area contributed by atoms with Crippen molar-refractivity contribution >= 4 is 29.5 Å². The van der Waals surface area contributed by atoms with E-state index in [4.69, 9.17) is 18.9 Å². The number of rotatable bonds is 11. The quantitative estimate of drug-likeness (QED) is 0.219. The maximum Gasteiger partial charge on any atom is 0.336 e. The van der Waals surface area contributed by atoms with E-state index in [1.165, 1.54) is 7.11 Å². The first kappa shape index (κ1) is 30.2. The molecule has 4 rings (SSSR count). The van der Waals surface area contributed by atoms with Crippen LogP contribution >= 0.6 is 11.8 Å². The van der Waals surface area contributed by atoms with E-state index in [1.807, 2.05) is 57.2 Å². The van der Waals surface area contributed by atoms with E-state index in [-0.39, 0.29) is 18.3 Å². The third kappa shape index (κ3) is 6.62. The van der Waals surface area contributed by atoms with Gasteiger partial charge in [0.25, 0.3) is 0 Å². The van der Waals surface area contributed by atoms with E-state index >= 15 is 0 Å². The molecular formula is C32H37NO7S. The normalized spacial score (nSPS) is 20.2. The summed E-state index contributed by atoms with van der Waals surface area (Å²) in [6, 6.07) is 15.2. The number of hydrogen-bond donors (Lipinski definition) is 1. The number of ketones is 1. The van der Waals surface area contributed by atoms with E-state index in [9.17, 15) is 14.4 Å². The van der Waals surface area contributed by atoms with Gasteiger partial charge in [-0.25, -0.2) is 4.79 Å². The van der Waals surface area contributed by atoms with Gasteiger partial charge in [0.1, 0.15) is 19.1 Å². The molecule has 2 aromatic rings. The van der Waals surface area contributed by atoms with Crippen molar-refractivity contribution in [3.05, 3.63) is 82.2 Å². The molecule has 3 atom stereocenters. The summed E-state index contributed by atoms with van der Waals surface area (Å²) in [5, 5.41) is 3.29. The van der Waals surface area contributed by atoms with Crippen LogP contribution in [-0.4, -0.2) is 50.1 Å². The summed E-state index contributed by atoms with van der Waals surface area (Å²) in [5.41, 5.74) is 3.68. The fourth-order valence-electron chi connectivity index (χ4n) is 5.42. The minimum Gasteiger partial charge on any atom is -0.493 e. The molecule has 0 spiro atoms. The largest absolute Gasteiger partial charge is 0.493 e. The van der Waals surface area contributed by atoms with Crippen LogP contribution in [0.1, 0.15) is 44.2 Å². The zero-order valence-electron chi connectivity index (χ0n) is 24.2. The molecule has 218 valence electrons. The van der Waals surface area contributed by atoms with E-state index in [0.29, 0.717) is 58.4 Å². The molecule has 0 amide bonds. The lowest BCUT2D eigenvalue weighted by Crippen LogP contribution is -2.43. The third-order valence-corrected chi connectivity index (χ3v) is 8.25. The maximum absolute atomic E-state index is 14.0. The highest BCUT2D eigenvalue weighted by Gasteiger charge is 2.47. The van der Waals surface area contributed by atoms with Crippen molar-refractivity contribution < 1.29 is 33.3 Å². The van der Waals surface area contributed by atoms with Gasteiger partial charge in [0, 0.05) is 28.6 Å². The molecule has 0 aromatic heterocycles. The number of benzene rings is 2. The second-order valence-electron chi connectivity index (χ2n) is 10.1. The SMILES string of the molecule is CCSCCOC(=O)C1=C(C)NC2=C(C(=O)[C@@H](C(=O)OC)[C@H](C)C2)[C@@H]1c1ccc(OCc2ccccc2)c(OC)c1. The Morgan fingerprint density at radius 1 is 1.07 bits per heavy atom. The number of Topliss-reactive ketones (excluding diaryl/α,β-unsaturated/α-hetero) is 1. The highest BCUT2D eigenvalue weighted by molar-refractivity contribution is 7.99. The average molecular weight is 580 g/mol. The Balaban J connectivity index is 1.75. The fraction of sp³-hybridized carbons (Fsp3) is 0.406. The zero-order valence-corrected chi connectivity index (χ0v) is 25.0. The van der Waals surface area contributed by atoms with Gasteiger partial charge in [0.2, 0.25) is 0 Å². The Morgan fingerprint density at radius 2 is 1.83 bits per heavy atom. The van der Waals surface area contributed by atoms with Crippen LogP contribution < -0.4 is 14.8 Å². The van der Waals surface area contributed by atoms with Crippen LogP contribution in [0.3, 0.4) is 0 Å². The topological polar surface area (TPSA) is 100 Å². The second kappa shape index (κ2) is 13.8. The van der Waals surface area contributed by atoms with Crippen molar-refractivity contribution in [1.29, 1.82) is 0 Å². The summed E-state index contributed by atoms with van der Waals surface area (Å²) >= 11 is 1.67. The lowest BCUT2D eigenvalue weighted by molar-refractivity contribution is -0.151. The number of carbonyl (C=O) groups is 3. The first-order valence-corrected chi connectivity index (χ1v) is 14.9. The van der Waals surface area contributed by atoms with Crippen LogP contribution in [0.2, 0.25) is 0 Å².